The highest BCUT2D eigenvalue weighted by Gasteiger charge is 2.64. The second-order valence-corrected chi connectivity index (χ2v) is 7.53. The number of benzene rings is 2. The molecule has 4 unspecified atom stereocenters. The smallest absolute Gasteiger partial charge is 0.269 e. The molecule has 9 heteroatoms. The third kappa shape index (κ3) is 2.77. The number of nitrogens with zero attached hydrogens (tertiary/aromatic N) is 4. The molecule has 2 amide bonds. The first-order chi connectivity index (χ1) is 15.0. The van der Waals surface area contributed by atoms with Gasteiger partial charge in [-0.2, -0.15) is 5.10 Å². The summed E-state index contributed by atoms with van der Waals surface area (Å²) in [6, 6.07) is 12.4. The van der Waals surface area contributed by atoms with Gasteiger partial charge in [0.2, 0.25) is 11.8 Å². The Morgan fingerprint density at radius 2 is 1.65 bits per heavy atom. The molecule has 5 rings (SSSR count). The van der Waals surface area contributed by atoms with Gasteiger partial charge in [-0.25, -0.2) is 4.90 Å². The van der Waals surface area contributed by atoms with Crippen LogP contribution in [-0.2, 0) is 9.59 Å². The van der Waals surface area contributed by atoms with Crippen LogP contribution >= 0.6 is 0 Å². The Labute approximate surface area is 176 Å². The van der Waals surface area contributed by atoms with E-state index in [1.807, 2.05) is 0 Å². The molecule has 3 heterocycles. The Morgan fingerprint density at radius 1 is 0.968 bits per heavy atom. The molecular weight excluding hydrogens is 400 g/mol. The zero-order valence-electron chi connectivity index (χ0n) is 16.1. The van der Waals surface area contributed by atoms with Crippen LogP contribution in [-0.4, -0.2) is 45.8 Å². The van der Waals surface area contributed by atoms with Gasteiger partial charge in [-0.05, 0) is 18.2 Å². The number of imide groups is 1. The second kappa shape index (κ2) is 6.98. The maximum atomic E-state index is 13.4. The van der Waals surface area contributed by atoms with E-state index in [-0.39, 0.29) is 17.2 Å². The molecule has 4 atom stereocenters. The summed E-state index contributed by atoms with van der Waals surface area (Å²) in [7, 11) is 0. The van der Waals surface area contributed by atoms with Crippen molar-refractivity contribution in [2.45, 2.75) is 12.1 Å². The summed E-state index contributed by atoms with van der Waals surface area (Å²) in [6.07, 6.45) is 5.00. The Balaban J connectivity index is 1.55. The van der Waals surface area contributed by atoms with Gasteiger partial charge in [0.15, 0.2) is 5.78 Å². The second-order valence-electron chi connectivity index (χ2n) is 7.53. The summed E-state index contributed by atoms with van der Waals surface area (Å²) >= 11 is 0. The number of carbonyl (C=O) groups excluding carboxylic acids is 3. The number of hydrazone groups is 1. The summed E-state index contributed by atoms with van der Waals surface area (Å²) in [6.45, 7) is 0. The maximum absolute atomic E-state index is 13.4. The molecule has 2 saturated heterocycles. The van der Waals surface area contributed by atoms with Gasteiger partial charge in [-0.3, -0.25) is 29.5 Å². The fourth-order valence-electron chi connectivity index (χ4n) is 4.59. The Kier molecular flexibility index (Phi) is 4.25. The molecule has 0 radical (unpaired) electrons. The maximum Gasteiger partial charge on any atom is 0.269 e. The number of allylic oxidation sites excluding steroid dienone is 1. The first-order valence-corrected chi connectivity index (χ1v) is 9.69. The van der Waals surface area contributed by atoms with Crippen LogP contribution < -0.4 is 4.90 Å². The summed E-state index contributed by atoms with van der Waals surface area (Å²) in [5.41, 5.74) is 0.539. The predicted octanol–water partition coefficient (Wildman–Crippen LogP) is 2.19. The first-order valence-electron chi connectivity index (χ1n) is 9.69. The standard InChI is InChI=1S/C22H16N4O5/c27-20(13-5-2-1-3-6-13)19-18-17(16-7-4-12-23-25(16)19)21(28)24(22(18)29)14-8-10-15(11-9-14)26(30)31/h1-12,16-19H. The molecule has 3 aliphatic rings. The molecule has 0 saturated carbocycles. The largest absolute Gasteiger partial charge is 0.292 e. The van der Waals surface area contributed by atoms with Gasteiger partial charge in [0.1, 0.15) is 6.04 Å². The zero-order chi connectivity index (χ0) is 21.7. The third-order valence-corrected chi connectivity index (χ3v) is 5.94. The lowest BCUT2D eigenvalue weighted by Gasteiger charge is -2.30. The van der Waals surface area contributed by atoms with E-state index >= 15 is 0 Å². The number of rotatable bonds is 4. The van der Waals surface area contributed by atoms with E-state index in [0.29, 0.717) is 5.56 Å². The molecule has 2 fully saturated rings. The number of carbonyl (C=O) groups is 3. The molecule has 0 aromatic heterocycles. The Morgan fingerprint density at radius 3 is 2.32 bits per heavy atom. The predicted molar refractivity (Wildman–Crippen MR) is 110 cm³/mol. The number of nitro benzene ring substituents is 1. The van der Waals surface area contributed by atoms with E-state index in [0.717, 1.165) is 4.90 Å². The summed E-state index contributed by atoms with van der Waals surface area (Å²) in [5, 5.41) is 16.8. The number of amides is 2. The fourth-order valence-corrected chi connectivity index (χ4v) is 4.59. The van der Waals surface area contributed by atoms with Crippen molar-refractivity contribution in [1.82, 2.24) is 5.01 Å². The minimum atomic E-state index is -0.918. The van der Waals surface area contributed by atoms with Crippen molar-refractivity contribution < 1.29 is 19.3 Å². The highest BCUT2D eigenvalue weighted by atomic mass is 16.6. The van der Waals surface area contributed by atoms with Gasteiger partial charge in [-0.15, -0.1) is 0 Å². The van der Waals surface area contributed by atoms with Crippen LogP contribution in [0, 0.1) is 22.0 Å². The molecule has 154 valence electrons. The summed E-state index contributed by atoms with van der Waals surface area (Å²) in [5.74, 6) is -2.90. The normalized spacial score (nSPS) is 26.2. The van der Waals surface area contributed by atoms with E-state index < -0.39 is 40.7 Å². The van der Waals surface area contributed by atoms with E-state index in [1.165, 1.54) is 30.5 Å². The van der Waals surface area contributed by atoms with Crippen molar-refractivity contribution in [3.05, 3.63) is 82.4 Å². The monoisotopic (exact) mass is 416 g/mol. The molecule has 0 N–H and O–H groups in total. The van der Waals surface area contributed by atoms with Crippen LogP contribution in [0.15, 0.2) is 71.9 Å². The van der Waals surface area contributed by atoms with Crippen molar-refractivity contribution in [2.75, 3.05) is 4.90 Å². The zero-order valence-corrected chi connectivity index (χ0v) is 16.1. The van der Waals surface area contributed by atoms with E-state index in [2.05, 4.69) is 5.10 Å². The lowest BCUT2D eigenvalue weighted by atomic mass is 9.86. The van der Waals surface area contributed by atoms with Crippen LogP contribution in [0.4, 0.5) is 11.4 Å². The van der Waals surface area contributed by atoms with Gasteiger partial charge in [-0.1, -0.05) is 36.4 Å². The van der Waals surface area contributed by atoms with Crippen LogP contribution in [0.5, 0.6) is 0 Å². The highest BCUT2D eigenvalue weighted by molar-refractivity contribution is 6.24. The average molecular weight is 416 g/mol. The molecule has 31 heavy (non-hydrogen) atoms. The van der Waals surface area contributed by atoms with Gasteiger partial charge < -0.3 is 0 Å². The van der Waals surface area contributed by atoms with Gasteiger partial charge in [0.05, 0.1) is 28.5 Å². The molecular formula is C22H16N4O5. The summed E-state index contributed by atoms with van der Waals surface area (Å²) in [4.78, 5) is 51.5. The molecule has 0 aliphatic carbocycles. The number of non-ortho nitro benzene ring substituents is 1. The van der Waals surface area contributed by atoms with Crippen molar-refractivity contribution in [3.63, 3.8) is 0 Å². The van der Waals surface area contributed by atoms with E-state index in [9.17, 15) is 24.5 Å². The molecule has 9 nitrogen and oxygen atoms in total. The van der Waals surface area contributed by atoms with Crippen molar-refractivity contribution in [2.24, 2.45) is 16.9 Å². The number of Topliss-reactive ketones (excluding diaryl/α,β-unsaturated/α-hetero) is 1. The molecule has 2 aromatic carbocycles. The molecule has 2 aromatic rings. The number of fused-ring (bicyclic) bond motifs is 3. The third-order valence-electron chi connectivity index (χ3n) is 5.94. The lowest BCUT2D eigenvalue weighted by Crippen LogP contribution is -2.46. The SMILES string of the molecule is O=C(c1ccccc1)C1C2C(=O)N(c3ccc([N+](=O)[O-])cc3)C(=O)C2C2C=CC=NN21. The average Bonchev–Trinajstić information content (AvgIpc) is 3.27. The van der Waals surface area contributed by atoms with Gasteiger partial charge in [0, 0.05) is 23.9 Å². The van der Waals surface area contributed by atoms with Crippen LogP contribution in [0.3, 0.4) is 0 Å². The van der Waals surface area contributed by atoms with Crippen LogP contribution in [0.25, 0.3) is 0 Å². The number of nitro groups is 1. The Bertz CT molecular complexity index is 1160. The number of hydrogen-bond acceptors (Lipinski definition) is 7. The van der Waals surface area contributed by atoms with E-state index in [4.69, 9.17) is 0 Å². The topological polar surface area (TPSA) is 113 Å². The van der Waals surface area contributed by atoms with Crippen molar-refractivity contribution >= 4 is 35.2 Å². The minimum Gasteiger partial charge on any atom is -0.292 e. The fraction of sp³-hybridized carbons (Fsp3) is 0.182. The van der Waals surface area contributed by atoms with Crippen molar-refractivity contribution in [3.8, 4) is 0 Å². The van der Waals surface area contributed by atoms with Crippen LogP contribution in [0.2, 0.25) is 0 Å². The first kappa shape index (κ1) is 18.9. The molecule has 3 aliphatic heterocycles. The summed E-state index contributed by atoms with van der Waals surface area (Å²) < 4.78 is 0. The highest BCUT2D eigenvalue weighted by Crippen LogP contribution is 2.46. The minimum absolute atomic E-state index is 0.143. The molecule has 0 bridgehead atoms. The lowest BCUT2D eigenvalue weighted by molar-refractivity contribution is -0.384. The van der Waals surface area contributed by atoms with Gasteiger partial charge >= 0.3 is 0 Å². The number of ketones is 1. The quantitative estimate of drug-likeness (QED) is 0.327. The molecule has 0 spiro atoms. The van der Waals surface area contributed by atoms with Crippen molar-refractivity contribution in [1.29, 1.82) is 0 Å². The van der Waals surface area contributed by atoms with E-state index in [1.54, 1.807) is 47.5 Å². The van der Waals surface area contributed by atoms with Gasteiger partial charge in [0.25, 0.3) is 5.69 Å². The van der Waals surface area contributed by atoms with Crippen LogP contribution in [0.1, 0.15) is 10.4 Å². The Hall–Kier alpha value is -4.14. The number of hydrogen-bond donors (Lipinski definition) is 0. The number of anilines is 1.